The molecule has 0 spiro atoms. The zero-order valence-electron chi connectivity index (χ0n) is 12.7. The molecule has 1 aliphatic rings. The minimum Gasteiger partial charge on any atom is -0.454 e. The Morgan fingerprint density at radius 1 is 1.08 bits per heavy atom. The highest BCUT2D eigenvalue weighted by atomic mass is 35.5. The molecule has 2 N–H and O–H groups in total. The molecule has 0 saturated carbocycles. The number of hydrogen-bond donors (Lipinski definition) is 2. The number of halogens is 2. The number of fused-ring (bicyclic) bond motifs is 1. The average molecular weight is 399 g/mol. The molecular weight excluding hydrogens is 387 g/mol. The summed E-state index contributed by atoms with van der Waals surface area (Å²) in [6.07, 6.45) is 0. The third kappa shape index (κ3) is 4.72. The summed E-state index contributed by atoms with van der Waals surface area (Å²) in [4.78, 5) is 24.4. The maximum atomic E-state index is 11.9. The second-order valence-electron chi connectivity index (χ2n) is 4.93. The number of carbonyl (C=O) groups excluding carboxylic acids is 2. The monoisotopic (exact) mass is 398 g/mol. The van der Waals surface area contributed by atoms with Gasteiger partial charge in [-0.15, -0.1) is 11.8 Å². The fourth-order valence-electron chi connectivity index (χ4n) is 2.03. The van der Waals surface area contributed by atoms with E-state index in [0.29, 0.717) is 32.1 Å². The first-order valence-electron chi connectivity index (χ1n) is 7.09. The third-order valence-corrected chi connectivity index (χ3v) is 4.87. The van der Waals surface area contributed by atoms with Crippen LogP contribution in [0, 0.1) is 0 Å². The Morgan fingerprint density at radius 2 is 1.88 bits per heavy atom. The summed E-state index contributed by atoms with van der Waals surface area (Å²) in [6.45, 7) is 0.146. The molecule has 0 fully saturated rings. The van der Waals surface area contributed by atoms with Crippen molar-refractivity contribution in [2.24, 2.45) is 0 Å². The number of ether oxygens (including phenoxy) is 2. The Bertz CT molecular complexity index is 832. The van der Waals surface area contributed by atoms with Crippen molar-refractivity contribution in [3.05, 3.63) is 46.4 Å². The molecule has 2 aromatic carbocycles. The zero-order chi connectivity index (χ0) is 17.8. The Labute approximate surface area is 157 Å². The quantitative estimate of drug-likeness (QED) is 0.755. The summed E-state index contributed by atoms with van der Waals surface area (Å²) < 4.78 is 10.4. The highest BCUT2D eigenvalue weighted by Gasteiger charge is 2.15. The summed E-state index contributed by atoms with van der Waals surface area (Å²) in [5.74, 6) is 0.709. The first-order valence-corrected chi connectivity index (χ1v) is 8.84. The molecule has 1 aliphatic heterocycles. The van der Waals surface area contributed by atoms with Crippen molar-refractivity contribution in [3.8, 4) is 11.5 Å². The van der Waals surface area contributed by atoms with Crippen molar-refractivity contribution < 1.29 is 19.1 Å². The van der Waals surface area contributed by atoms with Gasteiger partial charge in [0.25, 0.3) is 0 Å². The van der Waals surface area contributed by atoms with Gasteiger partial charge < -0.3 is 14.8 Å². The summed E-state index contributed by atoms with van der Waals surface area (Å²) in [5.41, 5.74) is 0.486. The maximum Gasteiger partial charge on any atom is 0.325 e. The number of amides is 3. The SMILES string of the molecule is O=C(CSc1cc(Cl)ccc1Cl)NC(=O)Nc1ccc2c(c1)OCO2. The molecule has 6 nitrogen and oxygen atoms in total. The molecule has 25 heavy (non-hydrogen) atoms. The van der Waals surface area contributed by atoms with E-state index >= 15 is 0 Å². The number of benzene rings is 2. The van der Waals surface area contributed by atoms with Crippen LogP contribution in [0.5, 0.6) is 11.5 Å². The van der Waals surface area contributed by atoms with Crippen molar-refractivity contribution in [1.82, 2.24) is 5.32 Å². The second-order valence-corrected chi connectivity index (χ2v) is 6.79. The molecule has 0 saturated heterocycles. The van der Waals surface area contributed by atoms with Crippen LogP contribution in [0.4, 0.5) is 10.5 Å². The fraction of sp³-hybridized carbons (Fsp3) is 0.125. The second kappa shape index (κ2) is 7.86. The number of imide groups is 1. The molecule has 9 heteroatoms. The van der Waals surface area contributed by atoms with Gasteiger partial charge in [0.15, 0.2) is 11.5 Å². The van der Waals surface area contributed by atoms with E-state index in [4.69, 9.17) is 32.7 Å². The van der Waals surface area contributed by atoms with E-state index in [2.05, 4.69) is 10.6 Å². The van der Waals surface area contributed by atoms with E-state index in [1.165, 1.54) is 11.8 Å². The van der Waals surface area contributed by atoms with Crippen LogP contribution in [0.3, 0.4) is 0 Å². The maximum absolute atomic E-state index is 11.9. The summed E-state index contributed by atoms with van der Waals surface area (Å²) in [5, 5.41) is 5.81. The van der Waals surface area contributed by atoms with Crippen LogP contribution >= 0.6 is 35.0 Å². The summed E-state index contributed by atoms with van der Waals surface area (Å²) in [7, 11) is 0. The van der Waals surface area contributed by atoms with Gasteiger partial charge in [-0.3, -0.25) is 10.1 Å². The van der Waals surface area contributed by atoms with Crippen LogP contribution in [0.1, 0.15) is 0 Å². The van der Waals surface area contributed by atoms with Crippen molar-refractivity contribution >= 4 is 52.6 Å². The number of thioether (sulfide) groups is 1. The Morgan fingerprint density at radius 3 is 2.72 bits per heavy atom. The molecule has 0 radical (unpaired) electrons. The van der Waals surface area contributed by atoms with Crippen molar-refractivity contribution in [2.75, 3.05) is 17.9 Å². The van der Waals surface area contributed by atoms with Crippen LogP contribution in [-0.4, -0.2) is 24.5 Å². The van der Waals surface area contributed by atoms with Gasteiger partial charge in [-0.05, 0) is 30.3 Å². The molecule has 3 rings (SSSR count). The lowest BCUT2D eigenvalue weighted by Gasteiger charge is -2.08. The topological polar surface area (TPSA) is 76.7 Å². The van der Waals surface area contributed by atoms with Gasteiger partial charge in [0.2, 0.25) is 12.7 Å². The summed E-state index contributed by atoms with van der Waals surface area (Å²) in [6, 6.07) is 9.28. The number of nitrogens with one attached hydrogen (secondary N) is 2. The van der Waals surface area contributed by atoms with Gasteiger partial charge in [-0.2, -0.15) is 0 Å². The van der Waals surface area contributed by atoms with Gasteiger partial charge >= 0.3 is 6.03 Å². The molecule has 0 unspecified atom stereocenters. The smallest absolute Gasteiger partial charge is 0.325 e. The van der Waals surface area contributed by atoms with Gasteiger partial charge in [-0.1, -0.05) is 23.2 Å². The Kier molecular flexibility index (Phi) is 5.57. The number of carbonyl (C=O) groups is 2. The Balaban J connectivity index is 1.50. The number of anilines is 1. The van der Waals surface area contributed by atoms with E-state index in [1.807, 2.05) is 0 Å². The standard InChI is InChI=1S/C16H12Cl2N2O4S/c17-9-1-3-11(18)14(5-9)25-7-15(21)20-16(22)19-10-2-4-12-13(6-10)24-8-23-12/h1-6H,7-8H2,(H2,19,20,21,22). The highest BCUT2D eigenvalue weighted by Crippen LogP contribution is 2.34. The predicted octanol–water partition coefficient (Wildman–Crippen LogP) is 4.16. The van der Waals surface area contributed by atoms with Gasteiger partial charge in [-0.25, -0.2) is 4.79 Å². The zero-order valence-corrected chi connectivity index (χ0v) is 15.0. The first-order chi connectivity index (χ1) is 12.0. The van der Waals surface area contributed by atoms with Gasteiger partial charge in [0.05, 0.1) is 10.8 Å². The lowest BCUT2D eigenvalue weighted by atomic mass is 10.3. The molecule has 0 aliphatic carbocycles. The van der Waals surface area contributed by atoms with Crippen molar-refractivity contribution in [2.45, 2.75) is 4.90 Å². The molecule has 0 aromatic heterocycles. The predicted molar refractivity (Wildman–Crippen MR) is 96.9 cm³/mol. The van der Waals surface area contributed by atoms with Crippen LogP contribution in [-0.2, 0) is 4.79 Å². The summed E-state index contributed by atoms with van der Waals surface area (Å²) >= 11 is 13.1. The van der Waals surface area contributed by atoms with Gasteiger partial charge in [0.1, 0.15) is 0 Å². The largest absolute Gasteiger partial charge is 0.454 e. The van der Waals surface area contributed by atoms with Crippen LogP contribution in [0.15, 0.2) is 41.3 Å². The van der Waals surface area contributed by atoms with Crippen LogP contribution < -0.4 is 20.1 Å². The molecule has 130 valence electrons. The molecule has 0 atom stereocenters. The van der Waals surface area contributed by atoms with Crippen molar-refractivity contribution in [1.29, 1.82) is 0 Å². The minimum atomic E-state index is -0.637. The molecular formula is C16H12Cl2N2O4S. The van der Waals surface area contributed by atoms with Crippen molar-refractivity contribution in [3.63, 3.8) is 0 Å². The third-order valence-electron chi connectivity index (χ3n) is 3.14. The van der Waals surface area contributed by atoms with Crippen LogP contribution in [0.25, 0.3) is 0 Å². The van der Waals surface area contributed by atoms with E-state index in [9.17, 15) is 9.59 Å². The molecule has 3 amide bonds. The van der Waals surface area contributed by atoms with E-state index < -0.39 is 11.9 Å². The molecule has 1 heterocycles. The Hall–Kier alpha value is -2.09. The molecule has 2 aromatic rings. The average Bonchev–Trinajstić information content (AvgIpc) is 3.03. The fourth-order valence-corrected chi connectivity index (χ4v) is 3.32. The minimum absolute atomic E-state index is 0.0224. The number of hydrogen-bond acceptors (Lipinski definition) is 5. The molecule has 0 bridgehead atoms. The lowest BCUT2D eigenvalue weighted by molar-refractivity contribution is -0.117. The van der Waals surface area contributed by atoms with E-state index in [0.717, 1.165) is 0 Å². The lowest BCUT2D eigenvalue weighted by Crippen LogP contribution is -2.35. The number of rotatable bonds is 4. The van der Waals surface area contributed by atoms with Crippen LogP contribution in [0.2, 0.25) is 10.0 Å². The van der Waals surface area contributed by atoms with E-state index in [-0.39, 0.29) is 12.5 Å². The van der Waals surface area contributed by atoms with E-state index in [1.54, 1.807) is 36.4 Å². The number of urea groups is 1. The van der Waals surface area contributed by atoms with Gasteiger partial charge in [0, 0.05) is 21.7 Å². The highest BCUT2D eigenvalue weighted by molar-refractivity contribution is 8.00. The first kappa shape index (κ1) is 17.7. The normalized spacial score (nSPS) is 11.9.